The summed E-state index contributed by atoms with van der Waals surface area (Å²) in [7, 11) is 6.13. The monoisotopic (exact) mass is 331 g/mol. The van der Waals surface area contributed by atoms with E-state index in [9.17, 15) is 19.5 Å². The third kappa shape index (κ3) is 16.1. The van der Waals surface area contributed by atoms with Gasteiger partial charge in [-0.2, -0.15) is 4.79 Å². The SMILES string of the molecule is C=C(C(=O)[O-])C(C)CC.C=C(C)C(=O)OC.C[N+](C)(C)C(=O)O. The van der Waals surface area contributed by atoms with Crippen LogP contribution in [-0.2, 0) is 14.3 Å². The van der Waals surface area contributed by atoms with Gasteiger partial charge in [-0.3, -0.25) is 0 Å². The van der Waals surface area contributed by atoms with Crippen LogP contribution in [0.15, 0.2) is 24.3 Å². The average Bonchev–Trinajstić information content (AvgIpc) is 2.44. The molecule has 0 saturated heterocycles. The van der Waals surface area contributed by atoms with Crippen LogP contribution < -0.4 is 5.11 Å². The van der Waals surface area contributed by atoms with E-state index in [-0.39, 0.29) is 21.9 Å². The van der Waals surface area contributed by atoms with Crippen LogP contribution in [0.4, 0.5) is 4.79 Å². The van der Waals surface area contributed by atoms with Crippen molar-refractivity contribution in [3.05, 3.63) is 24.3 Å². The lowest BCUT2D eigenvalue weighted by Crippen LogP contribution is -2.39. The Kier molecular flexibility index (Phi) is 13.9. The predicted octanol–water partition coefficient (Wildman–Crippen LogP) is 1.44. The van der Waals surface area contributed by atoms with Gasteiger partial charge in [-0.05, 0) is 24.8 Å². The number of hydrogen-bond acceptors (Lipinski definition) is 5. The Morgan fingerprint density at radius 2 is 1.57 bits per heavy atom. The Hall–Kier alpha value is -2.15. The minimum atomic E-state index is -1.13. The summed E-state index contributed by atoms with van der Waals surface area (Å²) in [5.74, 6) is -1.45. The molecule has 1 unspecified atom stereocenters. The largest absolute Gasteiger partial charge is 0.545 e. The second-order valence-corrected chi connectivity index (χ2v) is 5.69. The molecule has 1 atom stereocenters. The molecule has 0 fully saturated rings. The maximum absolute atomic E-state index is 10.2. The van der Waals surface area contributed by atoms with Crippen LogP contribution in [-0.4, -0.2) is 55.9 Å². The van der Waals surface area contributed by atoms with E-state index in [0.29, 0.717) is 5.57 Å². The molecule has 7 heteroatoms. The molecule has 0 rings (SSSR count). The predicted molar refractivity (Wildman–Crippen MR) is 86.5 cm³/mol. The molecule has 0 saturated carbocycles. The van der Waals surface area contributed by atoms with Crippen LogP contribution in [0, 0.1) is 5.92 Å². The van der Waals surface area contributed by atoms with E-state index in [0.717, 1.165) is 6.42 Å². The molecule has 134 valence electrons. The number of amides is 1. The zero-order valence-electron chi connectivity index (χ0n) is 15.1. The molecule has 0 radical (unpaired) electrons. The Labute approximate surface area is 138 Å². The van der Waals surface area contributed by atoms with E-state index in [2.05, 4.69) is 17.9 Å². The third-order valence-electron chi connectivity index (χ3n) is 2.58. The van der Waals surface area contributed by atoms with Crippen LogP contribution in [0.3, 0.4) is 0 Å². The summed E-state index contributed by atoms with van der Waals surface area (Å²) in [5.41, 5.74) is 0.625. The van der Waals surface area contributed by atoms with Gasteiger partial charge in [0.2, 0.25) is 0 Å². The van der Waals surface area contributed by atoms with Crippen LogP contribution in [0.2, 0.25) is 0 Å². The molecule has 1 amide bonds. The fraction of sp³-hybridized carbons (Fsp3) is 0.562. The molecule has 0 heterocycles. The first-order valence-electron chi connectivity index (χ1n) is 6.91. The van der Waals surface area contributed by atoms with Gasteiger partial charge in [-0.15, -0.1) is 0 Å². The quantitative estimate of drug-likeness (QED) is 0.475. The van der Waals surface area contributed by atoms with Crippen LogP contribution in [0.1, 0.15) is 27.2 Å². The topological polar surface area (TPSA) is 104 Å². The number of rotatable bonds is 4. The summed E-state index contributed by atoms with van der Waals surface area (Å²) < 4.78 is 4.25. The molecule has 23 heavy (non-hydrogen) atoms. The van der Waals surface area contributed by atoms with Gasteiger partial charge in [0.1, 0.15) is 0 Å². The zero-order valence-corrected chi connectivity index (χ0v) is 15.1. The molecule has 0 spiro atoms. The normalized spacial score (nSPS) is 10.7. The highest BCUT2D eigenvalue weighted by molar-refractivity contribution is 5.86. The lowest BCUT2D eigenvalue weighted by molar-refractivity contribution is -0.794. The molecule has 0 bridgehead atoms. The Balaban J connectivity index is -0.000000264. The Morgan fingerprint density at radius 3 is 1.61 bits per heavy atom. The number of methoxy groups -OCH3 is 1. The summed E-state index contributed by atoms with van der Waals surface area (Å²) in [6.45, 7) is 12.1. The van der Waals surface area contributed by atoms with Gasteiger partial charge in [0.25, 0.3) is 0 Å². The fourth-order valence-electron chi connectivity index (χ4n) is 0.622. The second-order valence-electron chi connectivity index (χ2n) is 5.69. The number of carboxylic acid groups (broad SMARTS) is 2. The zero-order chi connectivity index (χ0) is 19.4. The molecular weight excluding hydrogens is 302 g/mol. The van der Waals surface area contributed by atoms with Gasteiger partial charge in [0, 0.05) is 5.57 Å². The van der Waals surface area contributed by atoms with E-state index < -0.39 is 12.1 Å². The molecule has 0 aromatic heterocycles. The molecule has 0 aliphatic rings. The number of carbonyl (C=O) groups is 3. The molecule has 0 aromatic rings. The maximum Gasteiger partial charge on any atom is 0.512 e. The van der Waals surface area contributed by atoms with Crippen LogP contribution >= 0.6 is 0 Å². The first kappa shape index (κ1) is 25.8. The van der Waals surface area contributed by atoms with Gasteiger partial charge in [-0.1, -0.05) is 27.0 Å². The van der Waals surface area contributed by atoms with Crippen molar-refractivity contribution in [2.75, 3.05) is 28.3 Å². The highest BCUT2D eigenvalue weighted by atomic mass is 16.5. The molecule has 0 aliphatic heterocycles. The van der Waals surface area contributed by atoms with Crippen molar-refractivity contribution in [3.63, 3.8) is 0 Å². The van der Waals surface area contributed by atoms with Crippen molar-refractivity contribution in [1.82, 2.24) is 0 Å². The molecule has 0 aromatic carbocycles. The van der Waals surface area contributed by atoms with E-state index in [1.807, 2.05) is 13.8 Å². The van der Waals surface area contributed by atoms with Crippen molar-refractivity contribution in [3.8, 4) is 0 Å². The van der Waals surface area contributed by atoms with Crippen LogP contribution in [0.5, 0.6) is 0 Å². The van der Waals surface area contributed by atoms with E-state index in [4.69, 9.17) is 5.11 Å². The number of carboxylic acids is 1. The summed E-state index contributed by atoms with van der Waals surface area (Å²) >= 11 is 0. The highest BCUT2D eigenvalue weighted by Gasteiger charge is 2.16. The van der Waals surface area contributed by atoms with Gasteiger partial charge in [0.05, 0.1) is 34.2 Å². The van der Waals surface area contributed by atoms with Crippen molar-refractivity contribution in [2.45, 2.75) is 27.2 Å². The minimum absolute atomic E-state index is 0.0278. The summed E-state index contributed by atoms with van der Waals surface area (Å²) in [5, 5.41) is 18.3. The number of esters is 1. The highest BCUT2D eigenvalue weighted by Crippen LogP contribution is 2.09. The molecule has 7 nitrogen and oxygen atoms in total. The average molecular weight is 331 g/mol. The number of aliphatic carboxylic acids is 1. The Morgan fingerprint density at radius 1 is 1.22 bits per heavy atom. The Bertz CT molecular complexity index is 434. The summed E-state index contributed by atoms with van der Waals surface area (Å²) in [6, 6.07) is 0. The minimum Gasteiger partial charge on any atom is -0.545 e. The molecular formula is C16H29NO6. The third-order valence-corrected chi connectivity index (χ3v) is 2.58. The van der Waals surface area contributed by atoms with Crippen molar-refractivity contribution in [1.29, 1.82) is 0 Å². The van der Waals surface area contributed by atoms with E-state index in [1.165, 1.54) is 7.11 Å². The first-order chi connectivity index (χ1) is 10.2. The second kappa shape index (κ2) is 12.4. The van der Waals surface area contributed by atoms with Gasteiger partial charge in [0.15, 0.2) is 0 Å². The maximum atomic E-state index is 10.2. The van der Waals surface area contributed by atoms with Crippen molar-refractivity contribution < 1.29 is 33.8 Å². The van der Waals surface area contributed by atoms with Gasteiger partial charge >= 0.3 is 12.1 Å². The number of carbonyl (C=O) groups excluding carboxylic acids is 2. The number of nitrogens with zero attached hydrogens (tertiary/aromatic N) is 1. The standard InChI is InChI=1S/C7H12O2.C5H8O2.C4H9NO2/c1-4-5(2)6(3)7(8)9;1-4(2)5(6)7-3;1-5(2,3)4(6)7/h5H,3-4H2,1-2H3,(H,8,9);1H2,2-3H3;1-3H3. The number of ether oxygens (including phenoxy) is 1. The van der Waals surface area contributed by atoms with Gasteiger partial charge < -0.3 is 19.7 Å². The fourth-order valence-corrected chi connectivity index (χ4v) is 0.622. The smallest absolute Gasteiger partial charge is 0.512 e. The lowest BCUT2D eigenvalue weighted by Gasteiger charge is -2.14. The van der Waals surface area contributed by atoms with Crippen molar-refractivity contribution in [2.24, 2.45) is 5.92 Å². The van der Waals surface area contributed by atoms with Crippen LogP contribution in [0.25, 0.3) is 0 Å². The van der Waals surface area contributed by atoms with Crippen molar-refractivity contribution >= 4 is 18.0 Å². The van der Waals surface area contributed by atoms with Gasteiger partial charge in [-0.25, -0.2) is 9.28 Å². The number of hydrogen-bond donors (Lipinski definition) is 1. The summed E-state index contributed by atoms with van der Waals surface area (Å²) in [6.07, 6.45) is -0.0210. The van der Waals surface area contributed by atoms with E-state index >= 15 is 0 Å². The summed E-state index contributed by atoms with van der Waals surface area (Å²) in [4.78, 5) is 30.3. The lowest BCUT2D eigenvalue weighted by atomic mass is 10.0. The van der Waals surface area contributed by atoms with E-state index in [1.54, 1.807) is 28.1 Å². The first-order valence-corrected chi connectivity index (χ1v) is 6.91. The number of quaternary nitrogens is 1. The molecule has 1 N–H and O–H groups in total. The molecule has 0 aliphatic carbocycles.